The summed E-state index contributed by atoms with van der Waals surface area (Å²) in [7, 11) is 0. The first-order valence-corrected chi connectivity index (χ1v) is 3.97. The summed E-state index contributed by atoms with van der Waals surface area (Å²) in [5.41, 5.74) is 0. The van der Waals surface area contributed by atoms with E-state index < -0.39 is 0 Å². The molecular weight excluding hydrogens is 124 g/mol. The van der Waals surface area contributed by atoms with Crippen LogP contribution < -0.4 is 0 Å². The summed E-state index contributed by atoms with van der Waals surface area (Å²) in [6.07, 6.45) is 6.91. The summed E-state index contributed by atoms with van der Waals surface area (Å²) in [5.74, 6) is 4.16. The largest absolute Gasteiger partial charge is 0.462 e. The molecule has 0 heterocycles. The van der Waals surface area contributed by atoms with Gasteiger partial charge >= 0.3 is 0 Å². The summed E-state index contributed by atoms with van der Waals surface area (Å²) in [4.78, 5) is 0. The van der Waals surface area contributed by atoms with Crippen molar-refractivity contribution in [1.82, 2.24) is 0 Å². The quantitative estimate of drug-likeness (QED) is 0.508. The third-order valence-electron chi connectivity index (χ3n) is 2.28. The molecule has 1 aliphatic rings. The van der Waals surface area contributed by atoms with Gasteiger partial charge in [0.05, 0.1) is 0 Å². The second-order valence-corrected chi connectivity index (χ2v) is 3.21. The highest BCUT2D eigenvalue weighted by Gasteiger charge is 2.15. The predicted molar refractivity (Wildman–Crippen MR) is 40.8 cm³/mol. The highest BCUT2D eigenvalue weighted by molar-refractivity contribution is 4.98. The van der Waals surface area contributed by atoms with Gasteiger partial charge in [-0.05, 0) is 31.6 Å². The second kappa shape index (κ2) is 3.51. The fraction of sp³-hybridized carbons (Fsp3) is 0.778. The fourth-order valence-corrected chi connectivity index (χ4v) is 1.50. The number of aliphatic hydroxyl groups excluding tert-OH is 1. The van der Waals surface area contributed by atoms with Crippen LogP contribution in [-0.4, -0.2) is 5.11 Å². The summed E-state index contributed by atoms with van der Waals surface area (Å²) in [6.45, 7) is 2.28. The topological polar surface area (TPSA) is 20.2 Å². The van der Waals surface area contributed by atoms with E-state index in [0.29, 0.717) is 5.92 Å². The molecule has 1 fully saturated rings. The highest BCUT2D eigenvalue weighted by Crippen LogP contribution is 2.27. The van der Waals surface area contributed by atoms with E-state index in [-0.39, 0.29) is 0 Å². The van der Waals surface area contributed by atoms with Crippen LogP contribution in [0.25, 0.3) is 0 Å². The molecule has 0 atom stereocenters. The molecule has 0 aromatic carbocycles. The van der Waals surface area contributed by atoms with Crippen molar-refractivity contribution in [2.45, 2.75) is 32.6 Å². The van der Waals surface area contributed by atoms with Crippen molar-refractivity contribution >= 4 is 0 Å². The molecular formula is C9H14O. The van der Waals surface area contributed by atoms with Crippen LogP contribution in [0.3, 0.4) is 0 Å². The van der Waals surface area contributed by atoms with Gasteiger partial charge in [-0.1, -0.05) is 12.8 Å². The summed E-state index contributed by atoms with van der Waals surface area (Å²) in [5, 5.41) is 8.32. The smallest absolute Gasteiger partial charge is 0.107 e. The lowest BCUT2D eigenvalue weighted by Crippen LogP contribution is -2.10. The van der Waals surface area contributed by atoms with Crippen molar-refractivity contribution in [3.05, 3.63) is 0 Å². The van der Waals surface area contributed by atoms with Crippen LogP contribution in [0.1, 0.15) is 32.6 Å². The van der Waals surface area contributed by atoms with E-state index in [4.69, 9.17) is 5.11 Å². The van der Waals surface area contributed by atoms with E-state index in [1.807, 2.05) is 6.11 Å². The van der Waals surface area contributed by atoms with Crippen LogP contribution in [0.5, 0.6) is 0 Å². The number of aliphatic hydroxyl groups is 1. The second-order valence-electron chi connectivity index (χ2n) is 3.21. The minimum Gasteiger partial charge on any atom is -0.462 e. The number of hydrogen-bond donors (Lipinski definition) is 1. The van der Waals surface area contributed by atoms with E-state index in [2.05, 4.69) is 12.8 Å². The predicted octanol–water partition coefficient (Wildman–Crippen LogP) is 2.15. The normalized spacial score (nSPS) is 32.5. The van der Waals surface area contributed by atoms with Crippen LogP contribution in [0.4, 0.5) is 0 Å². The maximum absolute atomic E-state index is 8.32. The SMILES string of the molecule is CC1CCC(C#CO)CC1. The minimum atomic E-state index is 0.473. The van der Waals surface area contributed by atoms with Crippen molar-refractivity contribution in [2.75, 3.05) is 0 Å². The van der Waals surface area contributed by atoms with Crippen molar-refractivity contribution in [3.8, 4) is 12.0 Å². The first kappa shape index (κ1) is 7.47. The molecule has 0 saturated heterocycles. The maximum Gasteiger partial charge on any atom is 0.107 e. The Balaban J connectivity index is 2.30. The summed E-state index contributed by atoms with van der Waals surface area (Å²) in [6, 6.07) is 0. The molecule has 0 unspecified atom stereocenters. The van der Waals surface area contributed by atoms with Gasteiger partial charge in [-0.3, -0.25) is 0 Å². The van der Waals surface area contributed by atoms with E-state index in [0.717, 1.165) is 5.92 Å². The van der Waals surface area contributed by atoms with Crippen LogP contribution >= 0.6 is 0 Å². The molecule has 1 aliphatic carbocycles. The molecule has 10 heavy (non-hydrogen) atoms. The molecule has 0 spiro atoms. The standard InChI is InChI=1S/C9H14O/c1-8-2-4-9(5-3-8)6-7-10/h8-10H,2-5H2,1H3. The van der Waals surface area contributed by atoms with Crippen molar-refractivity contribution in [3.63, 3.8) is 0 Å². The van der Waals surface area contributed by atoms with Gasteiger partial charge in [0.1, 0.15) is 6.11 Å². The molecule has 0 amide bonds. The molecule has 0 radical (unpaired) electrons. The fourth-order valence-electron chi connectivity index (χ4n) is 1.50. The lowest BCUT2D eigenvalue weighted by Gasteiger charge is -2.21. The zero-order chi connectivity index (χ0) is 7.40. The highest BCUT2D eigenvalue weighted by atomic mass is 16.2. The minimum absolute atomic E-state index is 0.473. The monoisotopic (exact) mass is 138 g/mol. The van der Waals surface area contributed by atoms with Crippen molar-refractivity contribution in [2.24, 2.45) is 11.8 Å². The van der Waals surface area contributed by atoms with Crippen LogP contribution in [-0.2, 0) is 0 Å². The van der Waals surface area contributed by atoms with Crippen molar-refractivity contribution < 1.29 is 5.11 Å². The van der Waals surface area contributed by atoms with Gasteiger partial charge in [0.25, 0.3) is 0 Å². The summed E-state index contributed by atoms with van der Waals surface area (Å²) < 4.78 is 0. The average molecular weight is 138 g/mol. The first-order chi connectivity index (χ1) is 4.83. The molecule has 1 rings (SSSR count). The Kier molecular flexibility index (Phi) is 2.62. The van der Waals surface area contributed by atoms with Crippen molar-refractivity contribution in [1.29, 1.82) is 0 Å². The molecule has 0 aromatic heterocycles. The summed E-state index contributed by atoms with van der Waals surface area (Å²) >= 11 is 0. The lowest BCUT2D eigenvalue weighted by molar-refractivity contribution is 0.336. The van der Waals surface area contributed by atoms with Crippen LogP contribution in [0, 0.1) is 23.9 Å². The Labute approximate surface area is 62.4 Å². The molecule has 0 aliphatic heterocycles. The molecule has 1 N–H and O–H groups in total. The van der Waals surface area contributed by atoms with Gasteiger partial charge in [0.2, 0.25) is 0 Å². The Hall–Kier alpha value is -0.640. The zero-order valence-electron chi connectivity index (χ0n) is 6.43. The van der Waals surface area contributed by atoms with Gasteiger partial charge in [-0.25, -0.2) is 0 Å². The molecule has 1 saturated carbocycles. The Morgan fingerprint density at radius 2 is 1.80 bits per heavy atom. The number of hydrogen-bond acceptors (Lipinski definition) is 1. The Bertz CT molecular complexity index is 144. The number of rotatable bonds is 0. The van der Waals surface area contributed by atoms with Gasteiger partial charge in [0.15, 0.2) is 0 Å². The maximum atomic E-state index is 8.32. The van der Waals surface area contributed by atoms with Gasteiger partial charge in [0, 0.05) is 5.92 Å². The third-order valence-corrected chi connectivity index (χ3v) is 2.28. The average Bonchev–Trinajstić information content (AvgIpc) is 1.95. The van der Waals surface area contributed by atoms with E-state index >= 15 is 0 Å². The van der Waals surface area contributed by atoms with Crippen LogP contribution in [0.15, 0.2) is 0 Å². The third kappa shape index (κ3) is 1.95. The van der Waals surface area contributed by atoms with E-state index in [1.54, 1.807) is 0 Å². The zero-order valence-corrected chi connectivity index (χ0v) is 6.43. The van der Waals surface area contributed by atoms with Gasteiger partial charge < -0.3 is 5.11 Å². The van der Waals surface area contributed by atoms with Gasteiger partial charge in [-0.15, -0.1) is 0 Å². The van der Waals surface area contributed by atoms with Gasteiger partial charge in [-0.2, -0.15) is 0 Å². The van der Waals surface area contributed by atoms with Crippen LogP contribution in [0.2, 0.25) is 0 Å². The molecule has 0 bridgehead atoms. The molecule has 1 nitrogen and oxygen atoms in total. The first-order valence-electron chi connectivity index (χ1n) is 3.97. The Morgan fingerprint density at radius 1 is 1.20 bits per heavy atom. The lowest BCUT2D eigenvalue weighted by atomic mass is 9.83. The Morgan fingerprint density at radius 3 is 2.30 bits per heavy atom. The van der Waals surface area contributed by atoms with E-state index in [1.165, 1.54) is 25.7 Å². The molecule has 56 valence electrons. The van der Waals surface area contributed by atoms with E-state index in [9.17, 15) is 0 Å². The molecule has 0 aromatic rings. The molecule has 1 heteroatoms.